The number of methoxy groups -OCH3 is 1. The smallest absolute Gasteiger partial charge is 0.123 e. The second kappa shape index (κ2) is 7.39. The first-order valence-corrected chi connectivity index (χ1v) is 8.33. The standard InChI is InChI=1S/C17H20N4OS/c1-13-3-5-14(6-4-13)17-19-11-16(23-17)10-18-15-9-20-21(12-15)7-8-22-2/h3-6,9,11-12,18H,7-8,10H2,1-2H3. The molecular formula is C17H20N4OS. The molecule has 0 atom stereocenters. The maximum absolute atomic E-state index is 5.05. The lowest BCUT2D eigenvalue weighted by Gasteiger charge is -2.01. The van der Waals surface area contributed by atoms with E-state index in [4.69, 9.17) is 4.74 Å². The first kappa shape index (κ1) is 15.7. The van der Waals surface area contributed by atoms with E-state index in [0.717, 1.165) is 23.8 Å². The number of ether oxygens (including phenoxy) is 1. The molecule has 2 heterocycles. The molecule has 3 aromatic rings. The van der Waals surface area contributed by atoms with E-state index in [1.165, 1.54) is 16.0 Å². The Kier molecular flexibility index (Phi) is 5.05. The van der Waals surface area contributed by atoms with Gasteiger partial charge < -0.3 is 10.1 Å². The Balaban J connectivity index is 1.58. The summed E-state index contributed by atoms with van der Waals surface area (Å²) in [5.41, 5.74) is 3.43. The number of nitrogens with one attached hydrogen (secondary N) is 1. The van der Waals surface area contributed by atoms with Crippen molar-refractivity contribution in [2.24, 2.45) is 0 Å². The SMILES string of the molecule is COCCn1cc(NCc2cnc(-c3ccc(C)cc3)s2)cn1. The van der Waals surface area contributed by atoms with Crippen molar-refractivity contribution in [1.82, 2.24) is 14.8 Å². The van der Waals surface area contributed by atoms with Crippen LogP contribution in [-0.4, -0.2) is 28.5 Å². The molecule has 120 valence electrons. The molecular weight excluding hydrogens is 308 g/mol. The van der Waals surface area contributed by atoms with Gasteiger partial charge in [-0.15, -0.1) is 11.3 Å². The van der Waals surface area contributed by atoms with Crippen LogP contribution in [0, 0.1) is 6.92 Å². The highest BCUT2D eigenvalue weighted by atomic mass is 32.1. The maximum atomic E-state index is 5.05. The summed E-state index contributed by atoms with van der Waals surface area (Å²) in [5, 5.41) is 8.72. The Morgan fingerprint density at radius 3 is 2.83 bits per heavy atom. The predicted molar refractivity (Wildman–Crippen MR) is 93.7 cm³/mol. The molecule has 1 aromatic carbocycles. The minimum Gasteiger partial charge on any atom is -0.383 e. The number of anilines is 1. The second-order valence-corrected chi connectivity index (χ2v) is 6.45. The molecule has 1 N–H and O–H groups in total. The van der Waals surface area contributed by atoms with Crippen LogP contribution >= 0.6 is 11.3 Å². The van der Waals surface area contributed by atoms with Crippen LogP contribution < -0.4 is 5.32 Å². The molecule has 2 aromatic heterocycles. The summed E-state index contributed by atoms with van der Waals surface area (Å²) in [5.74, 6) is 0. The Labute approximate surface area is 140 Å². The molecule has 0 aliphatic heterocycles. The number of hydrogen-bond acceptors (Lipinski definition) is 5. The third kappa shape index (κ3) is 4.18. The molecule has 0 saturated heterocycles. The Morgan fingerprint density at radius 2 is 2.04 bits per heavy atom. The lowest BCUT2D eigenvalue weighted by molar-refractivity contribution is 0.183. The van der Waals surface area contributed by atoms with E-state index < -0.39 is 0 Å². The zero-order chi connectivity index (χ0) is 16.1. The monoisotopic (exact) mass is 328 g/mol. The van der Waals surface area contributed by atoms with Gasteiger partial charge in [-0.3, -0.25) is 4.68 Å². The number of rotatable bonds is 7. The largest absolute Gasteiger partial charge is 0.383 e. The molecule has 3 rings (SSSR count). The van der Waals surface area contributed by atoms with Gasteiger partial charge in [0, 0.05) is 29.9 Å². The molecule has 5 nitrogen and oxygen atoms in total. The fourth-order valence-electron chi connectivity index (χ4n) is 2.17. The maximum Gasteiger partial charge on any atom is 0.123 e. The Bertz CT molecular complexity index is 748. The number of aryl methyl sites for hydroxylation is 1. The number of benzene rings is 1. The van der Waals surface area contributed by atoms with Crippen molar-refractivity contribution in [3.05, 3.63) is 53.3 Å². The van der Waals surface area contributed by atoms with E-state index in [0.29, 0.717) is 6.61 Å². The summed E-state index contributed by atoms with van der Waals surface area (Å²) < 4.78 is 6.92. The lowest BCUT2D eigenvalue weighted by Crippen LogP contribution is -2.04. The van der Waals surface area contributed by atoms with E-state index in [1.807, 2.05) is 23.3 Å². The zero-order valence-corrected chi connectivity index (χ0v) is 14.1. The molecule has 6 heteroatoms. The topological polar surface area (TPSA) is 52.0 Å². The summed E-state index contributed by atoms with van der Waals surface area (Å²) in [6.45, 7) is 4.26. The molecule has 0 saturated carbocycles. The number of thiazole rings is 1. The molecule has 0 radical (unpaired) electrons. The summed E-state index contributed by atoms with van der Waals surface area (Å²) in [7, 11) is 1.69. The van der Waals surface area contributed by atoms with Gasteiger partial charge in [-0.2, -0.15) is 5.10 Å². The van der Waals surface area contributed by atoms with Crippen LogP contribution in [0.15, 0.2) is 42.9 Å². The quantitative estimate of drug-likeness (QED) is 0.720. The van der Waals surface area contributed by atoms with Crippen LogP contribution in [0.5, 0.6) is 0 Å². The summed E-state index contributed by atoms with van der Waals surface area (Å²) >= 11 is 1.71. The first-order chi connectivity index (χ1) is 11.2. The highest BCUT2D eigenvalue weighted by Gasteiger charge is 2.05. The molecule has 0 fully saturated rings. The van der Waals surface area contributed by atoms with Crippen molar-refractivity contribution in [3.8, 4) is 10.6 Å². The van der Waals surface area contributed by atoms with Crippen molar-refractivity contribution >= 4 is 17.0 Å². The van der Waals surface area contributed by atoms with Gasteiger partial charge >= 0.3 is 0 Å². The van der Waals surface area contributed by atoms with Gasteiger partial charge in [-0.05, 0) is 6.92 Å². The van der Waals surface area contributed by atoms with Gasteiger partial charge in [0.1, 0.15) is 5.01 Å². The fraction of sp³-hybridized carbons (Fsp3) is 0.294. The minimum absolute atomic E-state index is 0.663. The normalized spacial score (nSPS) is 10.9. The molecule has 23 heavy (non-hydrogen) atoms. The van der Waals surface area contributed by atoms with Gasteiger partial charge in [0.25, 0.3) is 0 Å². The van der Waals surface area contributed by atoms with E-state index in [-0.39, 0.29) is 0 Å². The van der Waals surface area contributed by atoms with Crippen LogP contribution in [0.3, 0.4) is 0 Å². The molecule has 0 bridgehead atoms. The van der Waals surface area contributed by atoms with E-state index >= 15 is 0 Å². The van der Waals surface area contributed by atoms with Gasteiger partial charge in [-0.25, -0.2) is 4.98 Å². The number of nitrogens with zero attached hydrogens (tertiary/aromatic N) is 3. The average Bonchev–Trinajstić information content (AvgIpc) is 3.21. The van der Waals surface area contributed by atoms with Crippen molar-refractivity contribution < 1.29 is 4.74 Å². The van der Waals surface area contributed by atoms with Gasteiger partial charge in [0.05, 0.1) is 31.6 Å². The molecule has 0 aliphatic rings. The van der Waals surface area contributed by atoms with Crippen molar-refractivity contribution in [1.29, 1.82) is 0 Å². The Hall–Kier alpha value is -2.18. The summed E-state index contributed by atoms with van der Waals surface area (Å²) in [4.78, 5) is 5.71. The molecule has 0 spiro atoms. The van der Waals surface area contributed by atoms with Gasteiger partial charge in [0.2, 0.25) is 0 Å². The van der Waals surface area contributed by atoms with Crippen LogP contribution in [0.25, 0.3) is 10.6 Å². The highest BCUT2D eigenvalue weighted by Crippen LogP contribution is 2.25. The molecule has 0 amide bonds. The van der Waals surface area contributed by atoms with Crippen LogP contribution in [0.2, 0.25) is 0 Å². The third-order valence-corrected chi connectivity index (χ3v) is 4.52. The van der Waals surface area contributed by atoms with Crippen LogP contribution in [-0.2, 0) is 17.8 Å². The zero-order valence-electron chi connectivity index (χ0n) is 13.3. The average molecular weight is 328 g/mol. The number of aromatic nitrogens is 3. The van der Waals surface area contributed by atoms with Crippen LogP contribution in [0.4, 0.5) is 5.69 Å². The minimum atomic E-state index is 0.663. The summed E-state index contributed by atoms with van der Waals surface area (Å²) in [6.07, 6.45) is 5.75. The fourth-order valence-corrected chi connectivity index (χ4v) is 3.03. The summed E-state index contributed by atoms with van der Waals surface area (Å²) in [6, 6.07) is 8.46. The highest BCUT2D eigenvalue weighted by molar-refractivity contribution is 7.15. The van der Waals surface area contributed by atoms with Crippen molar-refractivity contribution in [3.63, 3.8) is 0 Å². The van der Waals surface area contributed by atoms with Crippen LogP contribution in [0.1, 0.15) is 10.4 Å². The molecule has 0 aliphatic carbocycles. The number of hydrogen-bond donors (Lipinski definition) is 1. The second-order valence-electron chi connectivity index (χ2n) is 5.34. The van der Waals surface area contributed by atoms with E-state index in [2.05, 4.69) is 46.6 Å². The van der Waals surface area contributed by atoms with E-state index in [9.17, 15) is 0 Å². The van der Waals surface area contributed by atoms with Crippen molar-refractivity contribution in [2.75, 3.05) is 19.0 Å². The van der Waals surface area contributed by atoms with Crippen molar-refractivity contribution in [2.45, 2.75) is 20.0 Å². The predicted octanol–water partition coefficient (Wildman–Crippen LogP) is 3.57. The first-order valence-electron chi connectivity index (χ1n) is 7.51. The third-order valence-electron chi connectivity index (χ3n) is 3.48. The Morgan fingerprint density at radius 1 is 1.22 bits per heavy atom. The van der Waals surface area contributed by atoms with Gasteiger partial charge in [0.15, 0.2) is 0 Å². The molecule has 0 unspecified atom stereocenters. The van der Waals surface area contributed by atoms with Gasteiger partial charge in [-0.1, -0.05) is 29.8 Å². The van der Waals surface area contributed by atoms with E-state index in [1.54, 1.807) is 18.4 Å². The lowest BCUT2D eigenvalue weighted by atomic mass is 10.2.